The number of rotatable bonds is 1. The number of nitrogens with zero attached hydrogens (tertiary/aromatic N) is 2. The van der Waals surface area contributed by atoms with Crippen LogP contribution in [0.15, 0.2) is 30.6 Å². The topological polar surface area (TPSA) is 70.5 Å². The fraction of sp³-hybridized carbons (Fsp3) is 0.364. The lowest BCUT2D eigenvalue weighted by molar-refractivity contribution is -0.141. The van der Waals surface area contributed by atoms with Crippen molar-refractivity contribution in [2.75, 3.05) is 13.6 Å². The molecule has 16 heavy (non-hydrogen) atoms. The van der Waals surface area contributed by atoms with Crippen LogP contribution in [0.4, 0.5) is 0 Å². The number of amides is 1. The number of carbonyl (C=O) groups excluding carboxylic acids is 1. The van der Waals surface area contributed by atoms with Gasteiger partial charge in [0.25, 0.3) is 0 Å². The van der Waals surface area contributed by atoms with E-state index in [0.29, 0.717) is 6.54 Å². The largest absolute Gasteiger partial charge is 0.481 e. The fourth-order valence-corrected chi connectivity index (χ4v) is 1.34. The first kappa shape index (κ1) is 12.2. The normalized spacial score (nSPS) is 18.9. The molecule has 5 nitrogen and oxygen atoms in total. The smallest absolute Gasteiger partial charge is 0.308 e. The van der Waals surface area contributed by atoms with E-state index in [1.165, 1.54) is 4.90 Å². The number of pyridine rings is 1. The van der Waals surface area contributed by atoms with Gasteiger partial charge in [0.1, 0.15) is 0 Å². The quantitative estimate of drug-likeness (QED) is 0.756. The molecule has 2 rings (SSSR count). The van der Waals surface area contributed by atoms with Gasteiger partial charge in [-0.3, -0.25) is 14.6 Å². The summed E-state index contributed by atoms with van der Waals surface area (Å²) in [6.45, 7) is 0.355. The summed E-state index contributed by atoms with van der Waals surface area (Å²) in [6.07, 6.45) is 3.66. The molecule has 0 spiro atoms. The van der Waals surface area contributed by atoms with Gasteiger partial charge >= 0.3 is 5.97 Å². The minimum atomic E-state index is -0.877. The molecule has 1 saturated heterocycles. The molecule has 0 aliphatic carbocycles. The summed E-state index contributed by atoms with van der Waals surface area (Å²) in [5.41, 5.74) is 0. The van der Waals surface area contributed by atoms with Crippen LogP contribution in [0.5, 0.6) is 0 Å². The molecule has 0 aromatic carbocycles. The molecule has 86 valence electrons. The second-order valence-electron chi connectivity index (χ2n) is 3.54. The van der Waals surface area contributed by atoms with Crippen molar-refractivity contribution in [2.24, 2.45) is 5.92 Å². The lowest BCUT2D eigenvalue weighted by Crippen LogP contribution is -2.20. The van der Waals surface area contributed by atoms with Gasteiger partial charge in [-0.05, 0) is 12.1 Å². The Bertz CT molecular complexity index is 327. The zero-order chi connectivity index (χ0) is 12.0. The summed E-state index contributed by atoms with van der Waals surface area (Å²) in [7, 11) is 1.62. The Labute approximate surface area is 93.7 Å². The monoisotopic (exact) mass is 222 g/mol. The number of hydrogen-bond donors (Lipinski definition) is 1. The van der Waals surface area contributed by atoms with Crippen molar-refractivity contribution in [2.45, 2.75) is 6.42 Å². The molecule has 1 unspecified atom stereocenters. The third-order valence-corrected chi connectivity index (χ3v) is 2.26. The van der Waals surface area contributed by atoms with Gasteiger partial charge in [0.2, 0.25) is 5.91 Å². The third kappa shape index (κ3) is 3.68. The van der Waals surface area contributed by atoms with Crippen LogP contribution in [-0.2, 0) is 9.59 Å². The van der Waals surface area contributed by atoms with E-state index in [2.05, 4.69) is 4.98 Å². The Balaban J connectivity index is 0.000000181. The zero-order valence-electron chi connectivity index (χ0n) is 9.04. The highest BCUT2D eigenvalue weighted by molar-refractivity contribution is 5.85. The highest BCUT2D eigenvalue weighted by Crippen LogP contribution is 2.15. The molecule has 2 heterocycles. The van der Waals surface area contributed by atoms with Gasteiger partial charge < -0.3 is 10.0 Å². The van der Waals surface area contributed by atoms with E-state index in [0.717, 1.165) is 0 Å². The van der Waals surface area contributed by atoms with Crippen molar-refractivity contribution in [3.05, 3.63) is 30.6 Å². The number of carboxylic acid groups (broad SMARTS) is 1. The number of carbonyl (C=O) groups is 2. The van der Waals surface area contributed by atoms with Crippen molar-refractivity contribution in [3.8, 4) is 0 Å². The Morgan fingerprint density at radius 1 is 1.44 bits per heavy atom. The maximum atomic E-state index is 10.8. The summed E-state index contributed by atoms with van der Waals surface area (Å²) in [5.74, 6) is -1.44. The molecular weight excluding hydrogens is 208 g/mol. The standard InChI is InChI=1S/C6H9NO3.C5H5N/c1-7-3-4(6(9)10)2-5(7)8;1-2-4-6-5-3-1/h4H,2-3H2,1H3,(H,9,10);1-5H. The van der Waals surface area contributed by atoms with E-state index in [1.54, 1.807) is 19.4 Å². The molecule has 1 aliphatic heterocycles. The fourth-order valence-electron chi connectivity index (χ4n) is 1.34. The Kier molecular flexibility index (Phi) is 4.44. The molecule has 0 saturated carbocycles. The molecule has 1 aromatic heterocycles. The average molecular weight is 222 g/mol. The minimum Gasteiger partial charge on any atom is -0.481 e. The van der Waals surface area contributed by atoms with Crippen LogP contribution in [0.1, 0.15) is 6.42 Å². The molecule has 1 aliphatic rings. The van der Waals surface area contributed by atoms with Crippen LogP contribution in [0.2, 0.25) is 0 Å². The predicted octanol–water partition coefficient (Wildman–Crippen LogP) is 0.631. The van der Waals surface area contributed by atoms with Gasteiger partial charge in [-0.25, -0.2) is 0 Å². The Morgan fingerprint density at radius 2 is 2.06 bits per heavy atom. The van der Waals surface area contributed by atoms with Crippen molar-refractivity contribution < 1.29 is 14.7 Å². The summed E-state index contributed by atoms with van der Waals surface area (Å²) in [5, 5.41) is 8.47. The molecule has 5 heteroatoms. The molecule has 1 atom stereocenters. The summed E-state index contributed by atoms with van der Waals surface area (Å²) in [6, 6.07) is 5.72. The predicted molar refractivity (Wildman–Crippen MR) is 57.6 cm³/mol. The van der Waals surface area contributed by atoms with Crippen LogP contribution in [0.25, 0.3) is 0 Å². The summed E-state index contributed by atoms with van der Waals surface area (Å²) < 4.78 is 0. The first-order chi connectivity index (χ1) is 7.61. The number of likely N-dealkylation sites (tertiary alicyclic amines) is 1. The third-order valence-electron chi connectivity index (χ3n) is 2.26. The summed E-state index contributed by atoms with van der Waals surface area (Å²) >= 11 is 0. The Morgan fingerprint density at radius 3 is 2.25 bits per heavy atom. The van der Waals surface area contributed by atoms with Crippen molar-refractivity contribution in [1.29, 1.82) is 0 Å². The lowest BCUT2D eigenvalue weighted by Gasteiger charge is -2.05. The van der Waals surface area contributed by atoms with Crippen LogP contribution < -0.4 is 0 Å². The minimum absolute atomic E-state index is 0.0765. The van der Waals surface area contributed by atoms with E-state index in [-0.39, 0.29) is 12.3 Å². The molecular formula is C11H14N2O3. The number of aliphatic carboxylic acids is 1. The van der Waals surface area contributed by atoms with E-state index in [9.17, 15) is 9.59 Å². The van der Waals surface area contributed by atoms with Crippen molar-refractivity contribution in [3.63, 3.8) is 0 Å². The molecule has 1 amide bonds. The van der Waals surface area contributed by atoms with E-state index in [4.69, 9.17) is 5.11 Å². The molecule has 0 radical (unpaired) electrons. The molecule has 0 bridgehead atoms. The van der Waals surface area contributed by atoms with Crippen LogP contribution in [-0.4, -0.2) is 40.5 Å². The molecule has 1 aromatic rings. The number of carboxylic acids is 1. The van der Waals surface area contributed by atoms with E-state index >= 15 is 0 Å². The first-order valence-corrected chi connectivity index (χ1v) is 4.93. The second kappa shape index (κ2) is 5.85. The highest BCUT2D eigenvalue weighted by atomic mass is 16.4. The number of hydrogen-bond acceptors (Lipinski definition) is 3. The average Bonchev–Trinajstić information content (AvgIpc) is 2.63. The zero-order valence-corrected chi connectivity index (χ0v) is 9.04. The second-order valence-corrected chi connectivity index (χ2v) is 3.54. The van der Waals surface area contributed by atoms with Gasteiger partial charge in [0, 0.05) is 32.4 Å². The molecule has 1 N–H and O–H groups in total. The Hall–Kier alpha value is -1.91. The van der Waals surface area contributed by atoms with Gasteiger partial charge in [-0.15, -0.1) is 0 Å². The number of aromatic nitrogens is 1. The van der Waals surface area contributed by atoms with Crippen molar-refractivity contribution >= 4 is 11.9 Å². The first-order valence-electron chi connectivity index (χ1n) is 4.93. The van der Waals surface area contributed by atoms with E-state index in [1.807, 2.05) is 18.2 Å². The molecule has 1 fully saturated rings. The maximum Gasteiger partial charge on any atom is 0.308 e. The van der Waals surface area contributed by atoms with E-state index < -0.39 is 11.9 Å². The van der Waals surface area contributed by atoms with Gasteiger partial charge in [0.15, 0.2) is 0 Å². The highest BCUT2D eigenvalue weighted by Gasteiger charge is 2.31. The van der Waals surface area contributed by atoms with Crippen LogP contribution in [0, 0.1) is 5.92 Å². The van der Waals surface area contributed by atoms with Crippen LogP contribution >= 0.6 is 0 Å². The lowest BCUT2D eigenvalue weighted by atomic mass is 10.1. The van der Waals surface area contributed by atoms with Crippen molar-refractivity contribution in [1.82, 2.24) is 9.88 Å². The summed E-state index contributed by atoms with van der Waals surface area (Å²) in [4.78, 5) is 26.3. The van der Waals surface area contributed by atoms with Gasteiger partial charge in [-0.1, -0.05) is 6.07 Å². The SMILES string of the molecule is CN1CC(C(=O)O)CC1=O.c1ccncc1. The van der Waals surface area contributed by atoms with Gasteiger partial charge in [0.05, 0.1) is 5.92 Å². The van der Waals surface area contributed by atoms with Gasteiger partial charge in [-0.2, -0.15) is 0 Å². The van der Waals surface area contributed by atoms with Crippen LogP contribution in [0.3, 0.4) is 0 Å². The maximum absolute atomic E-state index is 10.8.